The van der Waals surface area contributed by atoms with Crippen LogP contribution in [0.3, 0.4) is 0 Å². The third-order valence-electron chi connectivity index (χ3n) is 8.43. The van der Waals surface area contributed by atoms with Gasteiger partial charge in [0.1, 0.15) is 0 Å². The summed E-state index contributed by atoms with van der Waals surface area (Å²) in [5.74, 6) is 0.204. The van der Waals surface area contributed by atoms with Crippen LogP contribution in [0.2, 0.25) is 5.02 Å². The second-order valence-corrected chi connectivity index (χ2v) is 15.1. The van der Waals surface area contributed by atoms with E-state index >= 15 is 0 Å². The first-order valence-electron chi connectivity index (χ1n) is 16.1. The number of amides is 1. The molecule has 1 fully saturated rings. The molecular formula is C38H38ClN5O3S2. The van der Waals surface area contributed by atoms with E-state index in [1.165, 1.54) is 16.5 Å². The molecule has 0 unspecified atom stereocenters. The number of piperazine rings is 1. The van der Waals surface area contributed by atoms with Gasteiger partial charge in [0, 0.05) is 83.6 Å². The van der Waals surface area contributed by atoms with Crippen LogP contribution in [0.15, 0.2) is 125 Å². The van der Waals surface area contributed by atoms with Gasteiger partial charge in [0.05, 0.1) is 10.6 Å². The number of benzene rings is 4. The quantitative estimate of drug-likeness (QED) is 0.103. The molecule has 252 valence electrons. The molecule has 1 aliphatic heterocycles. The number of hydrogen-bond acceptors (Lipinski definition) is 8. The number of thioether (sulfide) groups is 1. The van der Waals surface area contributed by atoms with Gasteiger partial charge in [-0.1, -0.05) is 48.0 Å². The highest BCUT2D eigenvalue weighted by Gasteiger charge is 2.22. The van der Waals surface area contributed by atoms with Crippen molar-refractivity contribution in [3.63, 3.8) is 0 Å². The molecule has 0 saturated carbocycles. The minimum absolute atomic E-state index is 0.0450. The molecule has 1 saturated heterocycles. The number of sulfonamides is 1. The summed E-state index contributed by atoms with van der Waals surface area (Å²) in [5.41, 5.74) is 6.08. The predicted molar refractivity (Wildman–Crippen MR) is 200 cm³/mol. The van der Waals surface area contributed by atoms with Gasteiger partial charge < -0.3 is 10.2 Å². The first-order valence-corrected chi connectivity index (χ1v) is 19.0. The molecule has 1 amide bonds. The number of nitrogens with one attached hydrogen (secondary N) is 2. The Kier molecular flexibility index (Phi) is 11.2. The standard InChI is InChI=1S/C38H38ClN5O3S2/c1-28-26-35(17-18-36(28)40-20-25-48-34-7-3-2-4-8-34)49(46,47)42-38(45)30-11-15-33(16-12-30)44-23-21-43(22-24-44)27-31-6-5-19-41-37(31)29-9-13-32(39)14-10-29/h2-19,26,40H,20-25,27H2,1H3,(H,42,45). The Labute approximate surface area is 297 Å². The van der Waals surface area contributed by atoms with Crippen molar-refractivity contribution in [2.24, 2.45) is 0 Å². The monoisotopic (exact) mass is 711 g/mol. The zero-order valence-electron chi connectivity index (χ0n) is 27.2. The Morgan fingerprint density at radius 1 is 0.878 bits per heavy atom. The molecule has 0 radical (unpaired) electrons. The van der Waals surface area contributed by atoms with Crippen molar-refractivity contribution in [1.82, 2.24) is 14.6 Å². The van der Waals surface area contributed by atoms with Crippen LogP contribution >= 0.6 is 23.4 Å². The zero-order chi connectivity index (χ0) is 34.2. The first kappa shape index (κ1) is 34.5. The van der Waals surface area contributed by atoms with E-state index in [9.17, 15) is 13.2 Å². The third-order valence-corrected chi connectivity index (χ3v) is 11.0. The number of aromatic nitrogens is 1. The van der Waals surface area contributed by atoms with Gasteiger partial charge in [0.15, 0.2) is 0 Å². The maximum absolute atomic E-state index is 13.1. The van der Waals surface area contributed by atoms with Gasteiger partial charge >= 0.3 is 0 Å². The summed E-state index contributed by atoms with van der Waals surface area (Å²) in [5, 5.41) is 4.07. The first-order chi connectivity index (χ1) is 23.7. The summed E-state index contributed by atoms with van der Waals surface area (Å²) in [4.78, 5) is 23.6. The molecule has 0 spiro atoms. The molecule has 8 nitrogen and oxygen atoms in total. The highest BCUT2D eigenvalue weighted by molar-refractivity contribution is 7.99. The zero-order valence-corrected chi connectivity index (χ0v) is 29.6. The fourth-order valence-corrected chi connectivity index (χ4v) is 7.75. The summed E-state index contributed by atoms with van der Waals surface area (Å²) < 4.78 is 28.5. The second-order valence-electron chi connectivity index (χ2n) is 11.8. The molecule has 0 aliphatic carbocycles. The molecule has 2 heterocycles. The molecule has 2 N–H and O–H groups in total. The Balaban J connectivity index is 0.996. The molecule has 5 aromatic rings. The van der Waals surface area contributed by atoms with Gasteiger partial charge in [-0.05, 0) is 90.8 Å². The molecule has 6 rings (SSSR count). The fourth-order valence-electron chi connectivity index (χ4n) is 5.78. The average Bonchev–Trinajstić information content (AvgIpc) is 3.12. The van der Waals surface area contributed by atoms with Crippen LogP contribution in [0, 0.1) is 6.92 Å². The Bertz CT molecular complexity index is 1990. The molecule has 1 aromatic heterocycles. The van der Waals surface area contributed by atoms with Crippen LogP contribution in [0.25, 0.3) is 11.3 Å². The number of nitrogens with zero attached hydrogens (tertiary/aromatic N) is 3. The molecule has 1 aliphatic rings. The van der Waals surface area contributed by atoms with Gasteiger partial charge in [-0.15, -0.1) is 11.8 Å². The highest BCUT2D eigenvalue weighted by atomic mass is 35.5. The lowest BCUT2D eigenvalue weighted by Crippen LogP contribution is -2.46. The van der Waals surface area contributed by atoms with E-state index in [0.717, 1.165) is 73.2 Å². The van der Waals surface area contributed by atoms with Crippen molar-refractivity contribution in [1.29, 1.82) is 0 Å². The lowest BCUT2D eigenvalue weighted by molar-refractivity contribution is 0.0981. The average molecular weight is 712 g/mol. The van der Waals surface area contributed by atoms with Crippen LogP contribution in [0.5, 0.6) is 0 Å². The van der Waals surface area contributed by atoms with Gasteiger partial charge in [0.2, 0.25) is 0 Å². The minimum Gasteiger partial charge on any atom is -0.384 e. The lowest BCUT2D eigenvalue weighted by atomic mass is 10.1. The SMILES string of the molecule is Cc1cc(S(=O)(=O)NC(=O)c2ccc(N3CCN(Cc4cccnc4-c4ccc(Cl)cc4)CC3)cc2)ccc1NCCSc1ccccc1. The largest absolute Gasteiger partial charge is 0.384 e. The van der Waals surface area contributed by atoms with E-state index in [1.54, 1.807) is 36.0 Å². The number of pyridine rings is 1. The summed E-state index contributed by atoms with van der Waals surface area (Å²) in [7, 11) is -4.05. The van der Waals surface area contributed by atoms with Crippen molar-refractivity contribution >= 4 is 50.7 Å². The Hall–Kier alpha value is -4.35. The van der Waals surface area contributed by atoms with E-state index < -0.39 is 15.9 Å². The van der Waals surface area contributed by atoms with Gasteiger partial charge in [-0.2, -0.15) is 0 Å². The Morgan fingerprint density at radius 2 is 1.61 bits per heavy atom. The van der Waals surface area contributed by atoms with Crippen molar-refractivity contribution in [2.45, 2.75) is 23.3 Å². The smallest absolute Gasteiger partial charge is 0.264 e. The molecule has 49 heavy (non-hydrogen) atoms. The lowest BCUT2D eigenvalue weighted by Gasteiger charge is -2.36. The van der Waals surface area contributed by atoms with Gasteiger partial charge in [-0.25, -0.2) is 13.1 Å². The fraction of sp³-hybridized carbons (Fsp3) is 0.211. The molecule has 4 aromatic carbocycles. The second kappa shape index (κ2) is 15.9. The van der Waals surface area contributed by atoms with Crippen LogP contribution in [0.4, 0.5) is 11.4 Å². The number of carbonyl (C=O) groups excluding carboxylic acids is 1. The summed E-state index contributed by atoms with van der Waals surface area (Å²) in [6.45, 7) is 6.76. The Morgan fingerprint density at radius 3 is 2.33 bits per heavy atom. The maximum atomic E-state index is 13.1. The number of anilines is 2. The topological polar surface area (TPSA) is 94.6 Å². The normalized spacial score (nSPS) is 13.6. The van der Waals surface area contributed by atoms with Crippen LogP contribution in [-0.4, -0.2) is 62.7 Å². The third kappa shape index (κ3) is 9.01. The predicted octanol–water partition coefficient (Wildman–Crippen LogP) is 7.36. The molecule has 0 bridgehead atoms. The van der Waals surface area contributed by atoms with Crippen molar-refractivity contribution in [3.05, 3.63) is 137 Å². The maximum Gasteiger partial charge on any atom is 0.264 e. The van der Waals surface area contributed by atoms with E-state index in [4.69, 9.17) is 11.6 Å². The number of halogens is 1. The summed E-state index contributed by atoms with van der Waals surface area (Å²) in [6, 6.07) is 34.0. The molecule has 11 heteroatoms. The van der Waals surface area contributed by atoms with Crippen molar-refractivity contribution < 1.29 is 13.2 Å². The number of aryl methyl sites for hydroxylation is 1. The van der Waals surface area contributed by atoms with Crippen LogP contribution < -0.4 is 14.9 Å². The molecule has 0 atom stereocenters. The van der Waals surface area contributed by atoms with E-state index in [0.29, 0.717) is 5.02 Å². The van der Waals surface area contributed by atoms with Crippen molar-refractivity contribution in [3.8, 4) is 11.3 Å². The van der Waals surface area contributed by atoms with Gasteiger partial charge in [-0.3, -0.25) is 14.7 Å². The van der Waals surface area contributed by atoms with E-state index in [-0.39, 0.29) is 10.5 Å². The van der Waals surface area contributed by atoms with Crippen LogP contribution in [-0.2, 0) is 16.6 Å². The van der Waals surface area contributed by atoms with Crippen LogP contribution in [0.1, 0.15) is 21.5 Å². The number of carbonyl (C=O) groups is 1. The van der Waals surface area contributed by atoms with Gasteiger partial charge in [0.25, 0.3) is 15.9 Å². The summed E-state index contributed by atoms with van der Waals surface area (Å²) >= 11 is 7.84. The molecular weight excluding hydrogens is 674 g/mol. The highest BCUT2D eigenvalue weighted by Crippen LogP contribution is 2.26. The minimum atomic E-state index is -4.05. The van der Waals surface area contributed by atoms with E-state index in [1.807, 2.05) is 73.8 Å². The van der Waals surface area contributed by atoms with Crippen molar-refractivity contribution in [2.75, 3.05) is 48.7 Å². The number of rotatable bonds is 12. The van der Waals surface area contributed by atoms with E-state index in [2.05, 4.69) is 43.0 Å². The number of hydrogen-bond donors (Lipinski definition) is 2. The summed E-state index contributed by atoms with van der Waals surface area (Å²) in [6.07, 6.45) is 1.82.